The van der Waals surface area contributed by atoms with Crippen LogP contribution in [-0.4, -0.2) is 25.0 Å². The number of nitrogens with two attached hydrogens (primary N) is 1. The molecule has 0 aliphatic heterocycles. The number of benzene rings is 1. The van der Waals surface area contributed by atoms with E-state index in [1.54, 1.807) is 12.3 Å². The molecule has 3 N–H and O–H groups in total. The van der Waals surface area contributed by atoms with Gasteiger partial charge in [0.2, 0.25) is 10.0 Å². The number of nitrogens with one attached hydrogen (secondary N) is 1. The Morgan fingerprint density at radius 3 is 2.68 bits per heavy atom. The van der Waals surface area contributed by atoms with E-state index in [1.165, 1.54) is 30.9 Å². The Bertz CT molecular complexity index is 694. The lowest BCUT2D eigenvalue weighted by molar-refractivity contribution is 0.588. The topological polar surface area (TPSA) is 90.0 Å². The standard InChI is InChI=1S/C11H14N4O2S2/c1-13-19(16,17)8-3-4-10(9(12)7-8)18-11-14-5-6-15(11)2/h3-7,13H,12H2,1-2H3. The first-order chi connectivity index (χ1) is 8.94. The molecule has 0 saturated carbocycles. The fourth-order valence-electron chi connectivity index (χ4n) is 1.45. The molecule has 0 aliphatic rings. The number of hydrogen-bond donors (Lipinski definition) is 2. The van der Waals surface area contributed by atoms with Crippen LogP contribution in [0.3, 0.4) is 0 Å². The number of hydrogen-bond acceptors (Lipinski definition) is 5. The summed E-state index contributed by atoms with van der Waals surface area (Å²) in [7, 11) is -0.224. The Morgan fingerprint density at radius 1 is 1.42 bits per heavy atom. The number of imidazole rings is 1. The van der Waals surface area contributed by atoms with Crippen molar-refractivity contribution >= 4 is 27.5 Å². The lowest BCUT2D eigenvalue weighted by Gasteiger charge is -2.08. The van der Waals surface area contributed by atoms with Gasteiger partial charge in [0.15, 0.2) is 5.16 Å². The molecular formula is C11H14N4O2S2. The van der Waals surface area contributed by atoms with Crippen LogP contribution in [0, 0.1) is 0 Å². The third kappa shape index (κ3) is 2.91. The van der Waals surface area contributed by atoms with E-state index in [2.05, 4.69) is 9.71 Å². The normalized spacial score (nSPS) is 11.7. The van der Waals surface area contributed by atoms with E-state index in [0.29, 0.717) is 5.69 Å². The minimum absolute atomic E-state index is 0.150. The molecular weight excluding hydrogens is 284 g/mol. The van der Waals surface area contributed by atoms with E-state index in [1.807, 2.05) is 17.8 Å². The molecule has 0 bridgehead atoms. The molecule has 1 aromatic carbocycles. The fraction of sp³-hybridized carbons (Fsp3) is 0.182. The highest BCUT2D eigenvalue weighted by atomic mass is 32.2. The SMILES string of the molecule is CNS(=O)(=O)c1ccc(Sc2nccn2C)c(N)c1. The molecule has 2 aromatic rings. The first kappa shape index (κ1) is 13.9. The summed E-state index contributed by atoms with van der Waals surface area (Å²) >= 11 is 1.39. The average Bonchev–Trinajstić information content (AvgIpc) is 2.77. The fourth-order valence-corrected chi connectivity index (χ4v) is 3.05. The number of rotatable bonds is 4. The minimum atomic E-state index is -3.47. The largest absolute Gasteiger partial charge is 0.398 e. The highest BCUT2D eigenvalue weighted by Gasteiger charge is 2.14. The molecule has 2 rings (SSSR count). The maximum Gasteiger partial charge on any atom is 0.240 e. The minimum Gasteiger partial charge on any atom is -0.398 e. The summed E-state index contributed by atoms with van der Waals surface area (Å²) in [6.45, 7) is 0. The van der Waals surface area contributed by atoms with Crippen LogP contribution in [0.25, 0.3) is 0 Å². The van der Waals surface area contributed by atoms with Crippen LogP contribution in [0.5, 0.6) is 0 Å². The predicted octanol–water partition coefficient (Wildman–Crippen LogP) is 1.06. The van der Waals surface area contributed by atoms with Crippen molar-refractivity contribution in [2.75, 3.05) is 12.8 Å². The highest BCUT2D eigenvalue weighted by Crippen LogP contribution is 2.32. The second kappa shape index (κ2) is 5.24. The maximum atomic E-state index is 11.6. The number of aryl methyl sites for hydroxylation is 1. The smallest absolute Gasteiger partial charge is 0.240 e. The predicted molar refractivity (Wildman–Crippen MR) is 74.4 cm³/mol. The van der Waals surface area contributed by atoms with Crippen LogP contribution >= 0.6 is 11.8 Å². The van der Waals surface area contributed by atoms with Crippen molar-refractivity contribution in [1.29, 1.82) is 0 Å². The Hall–Kier alpha value is -1.51. The van der Waals surface area contributed by atoms with Crippen LogP contribution in [0.15, 0.2) is 45.5 Å². The van der Waals surface area contributed by atoms with Gasteiger partial charge in [-0.1, -0.05) is 0 Å². The van der Waals surface area contributed by atoms with Crippen molar-refractivity contribution < 1.29 is 8.42 Å². The molecule has 0 radical (unpaired) electrons. The van der Waals surface area contributed by atoms with Gasteiger partial charge in [-0.2, -0.15) is 0 Å². The number of nitrogens with zero attached hydrogens (tertiary/aromatic N) is 2. The van der Waals surface area contributed by atoms with Gasteiger partial charge in [-0.3, -0.25) is 0 Å². The van der Waals surface area contributed by atoms with E-state index in [9.17, 15) is 8.42 Å². The summed E-state index contributed by atoms with van der Waals surface area (Å²) in [4.78, 5) is 5.10. The van der Waals surface area contributed by atoms with Crippen LogP contribution in [-0.2, 0) is 17.1 Å². The zero-order chi connectivity index (χ0) is 14.0. The Balaban J connectivity index is 2.33. The highest BCUT2D eigenvalue weighted by molar-refractivity contribution is 7.99. The van der Waals surface area contributed by atoms with Gasteiger partial charge in [0.1, 0.15) is 0 Å². The first-order valence-electron chi connectivity index (χ1n) is 5.42. The van der Waals surface area contributed by atoms with Gasteiger partial charge >= 0.3 is 0 Å². The van der Waals surface area contributed by atoms with Crippen LogP contribution in [0.2, 0.25) is 0 Å². The molecule has 0 amide bonds. The van der Waals surface area contributed by atoms with E-state index >= 15 is 0 Å². The summed E-state index contributed by atoms with van der Waals surface area (Å²) in [6, 6.07) is 4.64. The van der Waals surface area contributed by atoms with Gasteiger partial charge in [0, 0.05) is 30.0 Å². The second-order valence-electron chi connectivity index (χ2n) is 3.83. The molecule has 0 unspecified atom stereocenters. The number of sulfonamides is 1. The number of aromatic nitrogens is 2. The monoisotopic (exact) mass is 298 g/mol. The molecule has 1 heterocycles. The zero-order valence-corrected chi connectivity index (χ0v) is 12.1. The van der Waals surface area contributed by atoms with E-state index in [0.717, 1.165) is 10.1 Å². The zero-order valence-electron chi connectivity index (χ0n) is 10.5. The first-order valence-corrected chi connectivity index (χ1v) is 7.72. The van der Waals surface area contributed by atoms with Crippen molar-refractivity contribution in [2.45, 2.75) is 14.9 Å². The summed E-state index contributed by atoms with van der Waals surface area (Å²) < 4.78 is 27.4. The Morgan fingerprint density at radius 2 is 2.16 bits per heavy atom. The van der Waals surface area contributed by atoms with Crippen molar-refractivity contribution in [2.24, 2.45) is 7.05 Å². The van der Waals surface area contributed by atoms with E-state index in [-0.39, 0.29) is 4.90 Å². The molecule has 0 fully saturated rings. The molecule has 102 valence electrons. The van der Waals surface area contributed by atoms with Crippen LogP contribution in [0.1, 0.15) is 0 Å². The van der Waals surface area contributed by atoms with Crippen molar-refractivity contribution in [3.05, 3.63) is 30.6 Å². The molecule has 6 nitrogen and oxygen atoms in total. The van der Waals surface area contributed by atoms with E-state index < -0.39 is 10.0 Å². The van der Waals surface area contributed by atoms with Gasteiger partial charge in [-0.15, -0.1) is 0 Å². The van der Waals surface area contributed by atoms with Crippen molar-refractivity contribution in [1.82, 2.24) is 14.3 Å². The molecule has 1 aromatic heterocycles. The van der Waals surface area contributed by atoms with Gasteiger partial charge in [0.25, 0.3) is 0 Å². The summed E-state index contributed by atoms with van der Waals surface area (Å²) in [5.41, 5.74) is 6.30. The maximum absolute atomic E-state index is 11.6. The third-order valence-corrected chi connectivity index (χ3v) is 5.12. The van der Waals surface area contributed by atoms with Gasteiger partial charge in [-0.25, -0.2) is 18.1 Å². The average molecular weight is 298 g/mol. The van der Waals surface area contributed by atoms with Crippen LogP contribution in [0.4, 0.5) is 5.69 Å². The van der Waals surface area contributed by atoms with Crippen LogP contribution < -0.4 is 10.5 Å². The second-order valence-corrected chi connectivity index (χ2v) is 6.73. The molecule has 0 aliphatic carbocycles. The summed E-state index contributed by atoms with van der Waals surface area (Å²) in [5.74, 6) is 0. The Labute approximate surface area is 116 Å². The summed E-state index contributed by atoms with van der Waals surface area (Å²) in [5, 5.41) is 0.788. The molecule has 19 heavy (non-hydrogen) atoms. The number of anilines is 1. The summed E-state index contributed by atoms with van der Waals surface area (Å²) in [6.07, 6.45) is 3.52. The lowest BCUT2D eigenvalue weighted by atomic mass is 10.3. The third-order valence-electron chi connectivity index (χ3n) is 2.54. The molecule has 0 saturated heterocycles. The van der Waals surface area contributed by atoms with Gasteiger partial charge < -0.3 is 10.3 Å². The lowest BCUT2D eigenvalue weighted by Crippen LogP contribution is -2.18. The Kier molecular flexibility index (Phi) is 3.83. The van der Waals surface area contributed by atoms with Crippen molar-refractivity contribution in [3.8, 4) is 0 Å². The molecule has 0 spiro atoms. The number of nitrogen functional groups attached to an aromatic ring is 1. The van der Waals surface area contributed by atoms with Gasteiger partial charge in [0.05, 0.1) is 4.90 Å². The quantitative estimate of drug-likeness (QED) is 0.824. The molecule has 8 heteroatoms. The van der Waals surface area contributed by atoms with E-state index in [4.69, 9.17) is 5.73 Å². The van der Waals surface area contributed by atoms with Crippen molar-refractivity contribution in [3.63, 3.8) is 0 Å². The molecule has 0 atom stereocenters. The van der Waals surface area contributed by atoms with Gasteiger partial charge in [-0.05, 0) is 37.0 Å².